The SMILES string of the molecule is Cc1ccc(NC(=O)/C=N/OCC(=O)N2CCN(C(=O)c3ccco3)CC2)cc1. The minimum Gasteiger partial charge on any atom is -0.459 e. The number of anilines is 1. The van der Waals surface area contributed by atoms with Gasteiger partial charge in [0, 0.05) is 31.9 Å². The van der Waals surface area contributed by atoms with E-state index in [2.05, 4.69) is 10.5 Å². The van der Waals surface area contributed by atoms with Crippen LogP contribution in [0.5, 0.6) is 0 Å². The lowest BCUT2D eigenvalue weighted by Crippen LogP contribution is -2.51. The highest BCUT2D eigenvalue weighted by Crippen LogP contribution is 2.10. The Bertz CT molecular complexity index is 869. The molecule has 1 aliphatic heterocycles. The number of hydrogen-bond acceptors (Lipinski definition) is 6. The van der Waals surface area contributed by atoms with E-state index in [0.29, 0.717) is 31.9 Å². The van der Waals surface area contributed by atoms with Crippen LogP contribution in [0.25, 0.3) is 0 Å². The molecule has 2 heterocycles. The summed E-state index contributed by atoms with van der Waals surface area (Å²) in [5.74, 6) is -0.619. The summed E-state index contributed by atoms with van der Waals surface area (Å²) in [5, 5.41) is 6.17. The summed E-state index contributed by atoms with van der Waals surface area (Å²) in [6.07, 6.45) is 2.43. The summed E-state index contributed by atoms with van der Waals surface area (Å²) in [6, 6.07) is 10.6. The average molecular weight is 398 g/mol. The van der Waals surface area contributed by atoms with Crippen molar-refractivity contribution < 1.29 is 23.6 Å². The van der Waals surface area contributed by atoms with Crippen molar-refractivity contribution in [2.45, 2.75) is 6.92 Å². The predicted molar refractivity (Wildman–Crippen MR) is 105 cm³/mol. The zero-order valence-electron chi connectivity index (χ0n) is 16.0. The summed E-state index contributed by atoms with van der Waals surface area (Å²) in [7, 11) is 0. The molecule has 1 fully saturated rings. The monoisotopic (exact) mass is 398 g/mol. The van der Waals surface area contributed by atoms with Crippen LogP contribution in [0.2, 0.25) is 0 Å². The Kier molecular flexibility index (Phi) is 6.62. The fourth-order valence-electron chi connectivity index (χ4n) is 2.80. The van der Waals surface area contributed by atoms with Crippen molar-refractivity contribution in [3.05, 3.63) is 54.0 Å². The van der Waals surface area contributed by atoms with Gasteiger partial charge in [-0.3, -0.25) is 14.4 Å². The minimum absolute atomic E-state index is 0.192. The molecule has 152 valence electrons. The molecular weight excluding hydrogens is 376 g/mol. The van der Waals surface area contributed by atoms with Crippen LogP contribution in [-0.2, 0) is 14.4 Å². The number of carbonyl (C=O) groups is 3. The lowest BCUT2D eigenvalue weighted by atomic mass is 10.2. The standard InChI is InChI=1S/C20H22N4O5/c1-15-4-6-16(7-5-15)22-18(25)13-21-29-14-19(26)23-8-10-24(11-9-23)20(27)17-3-2-12-28-17/h2-7,12-13H,8-11,14H2,1H3,(H,22,25)/b21-13+. The van der Waals surface area contributed by atoms with Crippen molar-refractivity contribution in [2.24, 2.45) is 5.16 Å². The molecule has 1 aromatic carbocycles. The number of rotatable bonds is 6. The topological polar surface area (TPSA) is 104 Å². The lowest BCUT2D eigenvalue weighted by Gasteiger charge is -2.34. The molecule has 9 nitrogen and oxygen atoms in total. The van der Waals surface area contributed by atoms with E-state index < -0.39 is 5.91 Å². The molecule has 0 spiro atoms. The fourth-order valence-corrected chi connectivity index (χ4v) is 2.80. The Balaban J connectivity index is 1.36. The van der Waals surface area contributed by atoms with Gasteiger partial charge < -0.3 is 24.4 Å². The van der Waals surface area contributed by atoms with Crippen LogP contribution in [0.15, 0.2) is 52.2 Å². The Labute approximate surface area is 167 Å². The molecule has 0 unspecified atom stereocenters. The maximum Gasteiger partial charge on any atom is 0.289 e. The van der Waals surface area contributed by atoms with Crippen LogP contribution < -0.4 is 5.32 Å². The zero-order valence-corrected chi connectivity index (χ0v) is 16.0. The Morgan fingerprint density at radius 3 is 2.45 bits per heavy atom. The van der Waals surface area contributed by atoms with Crippen LogP contribution in [-0.4, -0.2) is 66.5 Å². The number of nitrogens with zero attached hydrogens (tertiary/aromatic N) is 3. The van der Waals surface area contributed by atoms with Crippen LogP contribution in [0, 0.1) is 6.92 Å². The minimum atomic E-state index is -0.452. The molecular formula is C20H22N4O5. The van der Waals surface area contributed by atoms with E-state index >= 15 is 0 Å². The first-order valence-corrected chi connectivity index (χ1v) is 9.16. The van der Waals surface area contributed by atoms with Crippen molar-refractivity contribution >= 4 is 29.6 Å². The zero-order chi connectivity index (χ0) is 20.6. The van der Waals surface area contributed by atoms with E-state index in [9.17, 15) is 14.4 Å². The van der Waals surface area contributed by atoms with Crippen LogP contribution in [0.1, 0.15) is 16.1 Å². The molecule has 2 aromatic rings. The van der Waals surface area contributed by atoms with Gasteiger partial charge in [0.25, 0.3) is 17.7 Å². The van der Waals surface area contributed by atoms with Crippen molar-refractivity contribution in [2.75, 3.05) is 38.1 Å². The maximum absolute atomic E-state index is 12.2. The molecule has 0 bridgehead atoms. The lowest BCUT2D eigenvalue weighted by molar-refractivity contribution is -0.137. The van der Waals surface area contributed by atoms with Gasteiger partial charge in [0.15, 0.2) is 12.4 Å². The fraction of sp³-hybridized carbons (Fsp3) is 0.300. The summed E-state index contributed by atoms with van der Waals surface area (Å²) < 4.78 is 5.11. The molecule has 1 aliphatic rings. The predicted octanol–water partition coefficient (Wildman–Crippen LogP) is 1.51. The maximum atomic E-state index is 12.2. The molecule has 1 N–H and O–H groups in total. The van der Waals surface area contributed by atoms with Gasteiger partial charge >= 0.3 is 0 Å². The van der Waals surface area contributed by atoms with Gasteiger partial charge in [-0.25, -0.2) is 0 Å². The van der Waals surface area contributed by atoms with E-state index in [1.165, 1.54) is 6.26 Å². The largest absolute Gasteiger partial charge is 0.459 e. The summed E-state index contributed by atoms with van der Waals surface area (Å²) in [6.45, 7) is 3.29. The first-order chi connectivity index (χ1) is 14.0. The second-order valence-corrected chi connectivity index (χ2v) is 6.51. The van der Waals surface area contributed by atoms with Gasteiger partial charge in [0.1, 0.15) is 6.21 Å². The van der Waals surface area contributed by atoms with Gasteiger partial charge in [0.05, 0.1) is 6.26 Å². The van der Waals surface area contributed by atoms with Gasteiger partial charge in [0.2, 0.25) is 0 Å². The number of aryl methyl sites for hydroxylation is 1. The number of piperazine rings is 1. The molecule has 1 saturated heterocycles. The second kappa shape index (κ2) is 9.54. The number of benzene rings is 1. The molecule has 1 aromatic heterocycles. The number of nitrogens with one attached hydrogen (secondary N) is 1. The van der Waals surface area contributed by atoms with Gasteiger partial charge in [-0.2, -0.15) is 0 Å². The highest BCUT2D eigenvalue weighted by molar-refractivity contribution is 6.31. The summed E-state index contributed by atoms with van der Waals surface area (Å²) >= 11 is 0. The van der Waals surface area contributed by atoms with Crippen LogP contribution in [0.3, 0.4) is 0 Å². The number of carbonyl (C=O) groups excluding carboxylic acids is 3. The molecule has 0 atom stereocenters. The molecule has 0 radical (unpaired) electrons. The van der Waals surface area contributed by atoms with Crippen molar-refractivity contribution in [1.29, 1.82) is 0 Å². The quantitative estimate of drug-likeness (QED) is 0.587. The molecule has 0 aliphatic carbocycles. The third-order valence-corrected chi connectivity index (χ3v) is 4.40. The van der Waals surface area contributed by atoms with Crippen molar-refractivity contribution in [1.82, 2.24) is 9.80 Å². The van der Waals surface area contributed by atoms with E-state index in [-0.39, 0.29) is 24.2 Å². The molecule has 3 rings (SSSR count). The van der Waals surface area contributed by atoms with Crippen LogP contribution in [0.4, 0.5) is 5.69 Å². The molecule has 3 amide bonds. The smallest absolute Gasteiger partial charge is 0.289 e. The Morgan fingerprint density at radius 1 is 1.10 bits per heavy atom. The number of furan rings is 1. The molecule has 29 heavy (non-hydrogen) atoms. The van der Waals surface area contributed by atoms with E-state index in [1.807, 2.05) is 19.1 Å². The van der Waals surface area contributed by atoms with Crippen LogP contribution >= 0.6 is 0 Å². The summed E-state index contributed by atoms with van der Waals surface area (Å²) in [5.41, 5.74) is 1.73. The second-order valence-electron chi connectivity index (χ2n) is 6.51. The number of hydrogen-bond donors (Lipinski definition) is 1. The molecule has 9 heteroatoms. The van der Waals surface area contributed by atoms with E-state index in [4.69, 9.17) is 9.25 Å². The number of amides is 3. The van der Waals surface area contributed by atoms with Gasteiger partial charge in [-0.1, -0.05) is 22.9 Å². The van der Waals surface area contributed by atoms with Gasteiger partial charge in [-0.05, 0) is 31.2 Å². The van der Waals surface area contributed by atoms with Gasteiger partial charge in [-0.15, -0.1) is 0 Å². The van der Waals surface area contributed by atoms with E-state index in [1.54, 1.807) is 34.1 Å². The normalized spacial score (nSPS) is 14.1. The van der Waals surface area contributed by atoms with Crippen molar-refractivity contribution in [3.63, 3.8) is 0 Å². The Morgan fingerprint density at radius 2 is 1.79 bits per heavy atom. The highest BCUT2D eigenvalue weighted by Gasteiger charge is 2.26. The average Bonchev–Trinajstić information content (AvgIpc) is 3.27. The number of oxime groups is 1. The highest BCUT2D eigenvalue weighted by atomic mass is 16.6. The summed E-state index contributed by atoms with van der Waals surface area (Å²) in [4.78, 5) is 44.3. The Hall–Kier alpha value is -3.62. The first kappa shape index (κ1) is 20.1. The third-order valence-electron chi connectivity index (χ3n) is 4.40. The first-order valence-electron chi connectivity index (χ1n) is 9.16. The molecule has 0 saturated carbocycles. The van der Waals surface area contributed by atoms with E-state index in [0.717, 1.165) is 11.8 Å². The third kappa shape index (κ3) is 5.68. The van der Waals surface area contributed by atoms with Crippen molar-refractivity contribution in [3.8, 4) is 0 Å².